The zero-order chi connectivity index (χ0) is 13.8. The van der Waals surface area contributed by atoms with Crippen LogP contribution in [0.1, 0.15) is 32.8 Å². The number of nitrogens with zero attached hydrogens (tertiary/aromatic N) is 1. The van der Waals surface area contributed by atoms with E-state index in [-0.39, 0.29) is 0 Å². The van der Waals surface area contributed by atoms with Gasteiger partial charge in [0.1, 0.15) is 0 Å². The lowest BCUT2D eigenvalue weighted by molar-refractivity contribution is 0.0618. The molecule has 0 saturated heterocycles. The lowest BCUT2D eigenvalue weighted by Gasteiger charge is -2.38. The molecule has 0 heterocycles. The number of carbonyl (C=O) groups excluding carboxylic acids is 1. The number of amides is 1. The maximum absolute atomic E-state index is 12.0. The summed E-state index contributed by atoms with van der Waals surface area (Å²) in [6.45, 7) is 5.68. The average Bonchev–Trinajstić information content (AvgIpc) is 2.37. The van der Waals surface area contributed by atoms with Crippen LogP contribution in [0.5, 0.6) is 0 Å². The Labute approximate surface area is 114 Å². The van der Waals surface area contributed by atoms with E-state index in [1.54, 1.807) is 18.9 Å². The van der Waals surface area contributed by atoms with E-state index >= 15 is 0 Å². The highest BCUT2D eigenvalue weighted by Crippen LogP contribution is 2.31. The molecule has 1 aromatic carbocycles. The summed E-state index contributed by atoms with van der Waals surface area (Å²) in [5.41, 5.74) is 0.0513. The van der Waals surface area contributed by atoms with Crippen molar-refractivity contribution in [1.29, 1.82) is 0 Å². The Morgan fingerprint density at radius 1 is 1.44 bits per heavy atom. The van der Waals surface area contributed by atoms with Crippen LogP contribution in [-0.2, 0) is 10.3 Å². The highest BCUT2D eigenvalue weighted by Gasteiger charge is 2.33. The summed E-state index contributed by atoms with van der Waals surface area (Å²) < 4.78 is 5.03. The van der Waals surface area contributed by atoms with Crippen LogP contribution in [-0.4, -0.2) is 23.6 Å². The standard InChI is InChI=1S/C14H20ClNO2/c1-5-14(3,12-9-7-6-8-10-12)16(4)13(17)18-11(2)15/h6-11H,5H2,1-4H3/t11?,14-/m0/s1. The van der Waals surface area contributed by atoms with Crippen LogP contribution in [0.4, 0.5) is 4.79 Å². The largest absolute Gasteiger partial charge is 0.430 e. The first kappa shape index (κ1) is 14.8. The molecule has 1 rings (SSSR count). The second-order valence-electron chi connectivity index (χ2n) is 4.48. The van der Waals surface area contributed by atoms with E-state index in [4.69, 9.17) is 16.3 Å². The SMILES string of the molecule is CC[C@@](C)(c1ccccc1)N(C)C(=O)OC(C)Cl. The summed E-state index contributed by atoms with van der Waals surface area (Å²) in [4.78, 5) is 13.6. The highest BCUT2D eigenvalue weighted by atomic mass is 35.5. The van der Waals surface area contributed by atoms with Gasteiger partial charge in [-0.05, 0) is 25.8 Å². The van der Waals surface area contributed by atoms with E-state index in [0.29, 0.717) is 0 Å². The number of benzene rings is 1. The van der Waals surface area contributed by atoms with Crippen LogP contribution in [0.2, 0.25) is 0 Å². The summed E-state index contributed by atoms with van der Waals surface area (Å²) in [6.07, 6.45) is 0.380. The molecular weight excluding hydrogens is 250 g/mol. The molecule has 0 fully saturated rings. The van der Waals surface area contributed by atoms with Gasteiger partial charge in [-0.25, -0.2) is 4.79 Å². The molecule has 0 aromatic heterocycles. The summed E-state index contributed by atoms with van der Waals surface area (Å²) in [5.74, 6) is 0. The molecule has 0 aliphatic heterocycles. The second kappa shape index (κ2) is 6.10. The van der Waals surface area contributed by atoms with Crippen molar-refractivity contribution >= 4 is 17.7 Å². The van der Waals surface area contributed by atoms with Gasteiger partial charge < -0.3 is 9.64 Å². The number of hydrogen-bond donors (Lipinski definition) is 0. The van der Waals surface area contributed by atoms with E-state index in [0.717, 1.165) is 12.0 Å². The summed E-state index contributed by atoms with van der Waals surface area (Å²) in [6, 6.07) is 9.91. The Morgan fingerprint density at radius 3 is 2.44 bits per heavy atom. The number of ether oxygens (including phenoxy) is 1. The van der Waals surface area contributed by atoms with Gasteiger partial charge in [-0.3, -0.25) is 0 Å². The Balaban J connectivity index is 2.98. The molecule has 1 unspecified atom stereocenters. The van der Waals surface area contributed by atoms with Gasteiger partial charge in [0.15, 0.2) is 5.56 Å². The van der Waals surface area contributed by atoms with Crippen LogP contribution in [0, 0.1) is 0 Å². The topological polar surface area (TPSA) is 29.5 Å². The van der Waals surface area contributed by atoms with Crippen LogP contribution in [0.25, 0.3) is 0 Å². The molecule has 4 heteroatoms. The number of halogens is 1. The fourth-order valence-electron chi connectivity index (χ4n) is 1.85. The van der Waals surface area contributed by atoms with Gasteiger partial charge in [0.2, 0.25) is 0 Å². The Bertz CT molecular complexity index is 394. The van der Waals surface area contributed by atoms with Gasteiger partial charge >= 0.3 is 6.09 Å². The van der Waals surface area contributed by atoms with Crippen molar-refractivity contribution in [3.63, 3.8) is 0 Å². The van der Waals surface area contributed by atoms with Crippen molar-refractivity contribution < 1.29 is 9.53 Å². The molecule has 0 spiro atoms. The van der Waals surface area contributed by atoms with Gasteiger partial charge in [0, 0.05) is 7.05 Å². The molecule has 0 N–H and O–H groups in total. The molecule has 0 saturated carbocycles. The molecule has 1 amide bonds. The van der Waals surface area contributed by atoms with E-state index in [9.17, 15) is 4.79 Å². The number of alkyl halides is 1. The third kappa shape index (κ3) is 3.16. The molecule has 1 aromatic rings. The van der Waals surface area contributed by atoms with Crippen LogP contribution in [0.3, 0.4) is 0 Å². The van der Waals surface area contributed by atoms with Crippen LogP contribution < -0.4 is 0 Å². The van der Waals surface area contributed by atoms with Crippen molar-refractivity contribution in [3.05, 3.63) is 35.9 Å². The predicted molar refractivity (Wildman–Crippen MR) is 73.6 cm³/mol. The molecule has 18 heavy (non-hydrogen) atoms. The first-order chi connectivity index (χ1) is 8.41. The van der Waals surface area contributed by atoms with Gasteiger partial charge in [-0.2, -0.15) is 0 Å². The van der Waals surface area contributed by atoms with E-state index in [1.165, 1.54) is 0 Å². The minimum Gasteiger partial charge on any atom is -0.430 e. The van der Waals surface area contributed by atoms with Crippen molar-refractivity contribution in [2.75, 3.05) is 7.05 Å². The molecule has 2 atom stereocenters. The van der Waals surface area contributed by atoms with E-state index in [1.807, 2.05) is 44.2 Å². The fraction of sp³-hybridized carbons (Fsp3) is 0.500. The van der Waals surface area contributed by atoms with E-state index in [2.05, 4.69) is 0 Å². The normalized spacial score (nSPS) is 15.6. The number of carbonyl (C=O) groups is 1. The second-order valence-corrected chi connectivity index (χ2v) is 5.09. The maximum atomic E-state index is 12.0. The molecule has 0 bridgehead atoms. The summed E-state index contributed by atoms with van der Waals surface area (Å²) in [7, 11) is 1.73. The minimum atomic E-state index is -0.628. The van der Waals surface area contributed by atoms with Gasteiger partial charge in [0.25, 0.3) is 0 Å². The quantitative estimate of drug-likeness (QED) is 0.774. The molecule has 3 nitrogen and oxygen atoms in total. The average molecular weight is 270 g/mol. The fourth-order valence-corrected chi connectivity index (χ4v) is 1.93. The van der Waals surface area contributed by atoms with Crippen LogP contribution in [0.15, 0.2) is 30.3 Å². The summed E-state index contributed by atoms with van der Waals surface area (Å²) in [5, 5.41) is 0. The van der Waals surface area contributed by atoms with Crippen molar-refractivity contribution in [3.8, 4) is 0 Å². The monoisotopic (exact) mass is 269 g/mol. The van der Waals surface area contributed by atoms with Crippen molar-refractivity contribution in [1.82, 2.24) is 4.90 Å². The highest BCUT2D eigenvalue weighted by molar-refractivity contribution is 6.19. The Hall–Kier alpha value is -1.22. The van der Waals surface area contributed by atoms with Gasteiger partial charge in [0.05, 0.1) is 5.54 Å². The van der Waals surface area contributed by atoms with E-state index < -0.39 is 17.2 Å². The molecule has 0 aliphatic carbocycles. The lowest BCUT2D eigenvalue weighted by Crippen LogP contribution is -2.45. The van der Waals surface area contributed by atoms with Crippen molar-refractivity contribution in [2.24, 2.45) is 0 Å². The van der Waals surface area contributed by atoms with Crippen LogP contribution >= 0.6 is 11.6 Å². The predicted octanol–water partition coefficient (Wildman–Crippen LogP) is 3.97. The Kier molecular flexibility index (Phi) is 5.03. The number of rotatable bonds is 4. The molecule has 0 radical (unpaired) electrons. The first-order valence-electron chi connectivity index (χ1n) is 6.06. The van der Waals surface area contributed by atoms with Gasteiger partial charge in [-0.1, -0.05) is 48.9 Å². The molecule has 100 valence electrons. The summed E-state index contributed by atoms with van der Waals surface area (Å²) >= 11 is 5.69. The maximum Gasteiger partial charge on any atom is 0.411 e. The third-order valence-corrected chi connectivity index (χ3v) is 3.45. The number of hydrogen-bond acceptors (Lipinski definition) is 2. The zero-order valence-electron chi connectivity index (χ0n) is 11.3. The molecule has 0 aliphatic rings. The van der Waals surface area contributed by atoms with Gasteiger partial charge in [-0.15, -0.1) is 0 Å². The Morgan fingerprint density at radius 2 is 2.00 bits per heavy atom. The first-order valence-corrected chi connectivity index (χ1v) is 6.49. The smallest absolute Gasteiger partial charge is 0.411 e. The third-order valence-electron chi connectivity index (χ3n) is 3.36. The van der Waals surface area contributed by atoms with Crippen molar-refractivity contribution in [2.45, 2.75) is 38.3 Å². The minimum absolute atomic E-state index is 0.399. The zero-order valence-corrected chi connectivity index (χ0v) is 12.1. The lowest BCUT2D eigenvalue weighted by atomic mass is 9.88. The molecular formula is C14H20ClNO2.